The zero-order chi connectivity index (χ0) is 33.3. The van der Waals surface area contributed by atoms with Crippen molar-refractivity contribution in [2.45, 2.75) is 89.0 Å². The number of rotatable bonds is 19. The first-order valence-electron chi connectivity index (χ1n) is 15.1. The van der Waals surface area contributed by atoms with Gasteiger partial charge >= 0.3 is 5.97 Å². The second kappa shape index (κ2) is 16.4. The average molecular weight is 658 g/mol. The number of aliphatic hydroxyl groups excluding tert-OH is 2. The highest BCUT2D eigenvalue weighted by Crippen LogP contribution is 2.33. The van der Waals surface area contributed by atoms with Crippen molar-refractivity contribution < 1.29 is 38.1 Å². The van der Waals surface area contributed by atoms with Gasteiger partial charge in [-0.15, -0.1) is 0 Å². The fraction of sp³-hybridized carbons (Fsp3) is 0.741. The predicted molar refractivity (Wildman–Crippen MR) is 167 cm³/mol. The topological polar surface area (TPSA) is 261 Å². The van der Waals surface area contributed by atoms with Gasteiger partial charge in [0.1, 0.15) is 39.7 Å². The lowest BCUT2D eigenvalue weighted by atomic mass is 10.1. The minimum atomic E-state index is -2.96. The van der Waals surface area contributed by atoms with Gasteiger partial charge in [-0.2, -0.15) is 9.97 Å². The Kier molecular flexibility index (Phi) is 13.2. The van der Waals surface area contributed by atoms with Crippen LogP contribution in [0.3, 0.4) is 0 Å². The number of sulfone groups is 1. The van der Waals surface area contributed by atoms with E-state index in [0.717, 1.165) is 12.8 Å². The number of unbranched alkanes of at least 4 members (excludes halogenated alkanes) is 3. The number of hydrogen-bond donors (Lipinski definition) is 7. The molecule has 45 heavy (non-hydrogen) atoms. The van der Waals surface area contributed by atoms with Gasteiger partial charge in [0.15, 0.2) is 17.7 Å². The smallest absolute Gasteiger partial charge is 0.320 e. The van der Waals surface area contributed by atoms with Crippen molar-refractivity contribution in [3.05, 3.63) is 6.33 Å². The molecule has 0 radical (unpaired) electrons. The van der Waals surface area contributed by atoms with Gasteiger partial charge in [0.05, 0.1) is 6.33 Å². The molecule has 0 spiro atoms. The molecule has 0 unspecified atom stereocenters. The summed E-state index contributed by atoms with van der Waals surface area (Å²) < 4.78 is 29.9. The molecular weight excluding hydrogens is 610 g/mol. The van der Waals surface area contributed by atoms with Gasteiger partial charge in [0.25, 0.3) is 0 Å². The second-order valence-electron chi connectivity index (χ2n) is 11.7. The molecule has 0 aromatic carbocycles. The summed E-state index contributed by atoms with van der Waals surface area (Å²) in [4.78, 5) is 38.2. The molecule has 3 rings (SSSR count). The lowest BCUT2D eigenvalue weighted by Crippen LogP contribution is -2.45. The number of carbonyl (C=O) groups excluding carboxylic acids is 1. The van der Waals surface area contributed by atoms with Gasteiger partial charge in [-0.1, -0.05) is 12.8 Å². The third kappa shape index (κ3) is 10.7. The maximum Gasteiger partial charge on any atom is 0.320 e. The van der Waals surface area contributed by atoms with E-state index in [9.17, 15) is 28.2 Å². The minimum Gasteiger partial charge on any atom is -0.480 e. The molecule has 2 aromatic heterocycles. The zero-order valence-corrected chi connectivity index (χ0v) is 26.8. The highest BCUT2D eigenvalue weighted by molar-refractivity contribution is 7.90. The Morgan fingerprint density at radius 2 is 1.84 bits per heavy atom. The number of nitrogens with zero attached hydrogens (tertiary/aromatic N) is 5. The number of anilines is 2. The van der Waals surface area contributed by atoms with Crippen LogP contribution in [0, 0.1) is 0 Å². The molecule has 5 atom stereocenters. The van der Waals surface area contributed by atoms with Crippen LogP contribution in [0.2, 0.25) is 0 Å². The number of imidazole rings is 1. The molecule has 0 bridgehead atoms. The van der Waals surface area contributed by atoms with Crippen LogP contribution < -0.4 is 22.1 Å². The monoisotopic (exact) mass is 657 g/mol. The van der Waals surface area contributed by atoms with Gasteiger partial charge in [0.2, 0.25) is 11.9 Å². The van der Waals surface area contributed by atoms with Gasteiger partial charge < -0.3 is 42.2 Å². The maximum atomic E-state index is 12.1. The Morgan fingerprint density at radius 3 is 2.51 bits per heavy atom. The zero-order valence-electron chi connectivity index (χ0n) is 26.0. The molecule has 17 nitrogen and oxygen atoms in total. The largest absolute Gasteiger partial charge is 0.480 e. The highest BCUT2D eigenvalue weighted by atomic mass is 32.2. The third-order valence-corrected chi connectivity index (χ3v) is 8.68. The number of nitrogen functional groups attached to an aromatic ring is 1. The first-order chi connectivity index (χ1) is 21.2. The van der Waals surface area contributed by atoms with Gasteiger partial charge in [-0.25, -0.2) is 13.4 Å². The first kappa shape index (κ1) is 36.3. The fourth-order valence-corrected chi connectivity index (χ4v) is 5.73. The number of carbonyl (C=O) groups is 2. The average Bonchev–Trinajstić information content (AvgIpc) is 3.50. The van der Waals surface area contributed by atoms with Crippen LogP contribution in [0.25, 0.3) is 11.2 Å². The van der Waals surface area contributed by atoms with Crippen molar-refractivity contribution >= 4 is 44.6 Å². The summed E-state index contributed by atoms with van der Waals surface area (Å²) in [5, 5.41) is 36.7. The molecular formula is C27H47N9O8S. The molecule has 1 aliphatic heterocycles. The number of aliphatic carboxylic acids is 1. The number of carboxylic acid groups (broad SMARTS) is 1. The Balaban J connectivity index is 1.55. The molecule has 9 N–H and O–H groups in total. The Morgan fingerprint density at radius 1 is 1.13 bits per heavy atom. The maximum absolute atomic E-state index is 12.1. The minimum absolute atomic E-state index is 0.00303. The molecule has 18 heteroatoms. The van der Waals surface area contributed by atoms with E-state index < -0.39 is 46.4 Å². The van der Waals surface area contributed by atoms with Crippen LogP contribution in [0.1, 0.15) is 58.6 Å². The number of amides is 1. The molecule has 1 saturated heterocycles. The summed E-state index contributed by atoms with van der Waals surface area (Å²) in [5.74, 6) is -0.787. The van der Waals surface area contributed by atoms with Crippen molar-refractivity contribution in [3.63, 3.8) is 0 Å². The molecule has 254 valence electrons. The standard InChI is InChI=1S/C27H47N9O8S/c1-16(2)35(12-9-17(28)26(40)41)14-18-21(38)22(39)25(44-18)36-15-32-20-23(29)33-27(34-24(20)36)31-11-10-30-19(37)8-6-4-5-7-13-45(3,42)43/h15-18,21-22,25,38-39H,4-14,28H2,1-3H3,(H,30,37)(H,40,41)(H3,29,31,33,34)/t17-,18+,21+,22+,25+/m0/s1. The molecule has 3 heterocycles. The van der Waals surface area contributed by atoms with E-state index in [1.165, 1.54) is 17.2 Å². The Labute approximate surface area is 262 Å². The number of fused-ring (bicyclic) bond motifs is 1. The summed E-state index contributed by atoms with van der Waals surface area (Å²) in [6, 6.07) is -1.02. The van der Waals surface area contributed by atoms with Crippen LogP contribution >= 0.6 is 0 Å². The number of aliphatic hydroxyl groups is 2. The predicted octanol–water partition coefficient (Wildman–Crippen LogP) is -0.937. The first-order valence-corrected chi connectivity index (χ1v) is 17.2. The van der Waals surface area contributed by atoms with E-state index >= 15 is 0 Å². The quantitative estimate of drug-likeness (QED) is 0.0900. The van der Waals surface area contributed by atoms with Crippen LogP contribution in [0.15, 0.2) is 6.33 Å². The summed E-state index contributed by atoms with van der Waals surface area (Å²) in [6.07, 6.45) is 1.57. The van der Waals surface area contributed by atoms with Crippen molar-refractivity contribution in [1.29, 1.82) is 0 Å². The Bertz CT molecular complexity index is 1390. The molecule has 0 aliphatic carbocycles. The summed E-state index contributed by atoms with van der Waals surface area (Å²) >= 11 is 0. The van der Waals surface area contributed by atoms with Crippen LogP contribution in [-0.2, 0) is 24.2 Å². The number of nitrogens with two attached hydrogens (primary N) is 2. The van der Waals surface area contributed by atoms with E-state index in [-0.39, 0.29) is 53.6 Å². The van der Waals surface area contributed by atoms with Crippen molar-refractivity contribution in [3.8, 4) is 0 Å². The lowest BCUT2D eigenvalue weighted by Gasteiger charge is -2.30. The van der Waals surface area contributed by atoms with E-state index in [2.05, 4.69) is 25.6 Å². The number of hydrogen-bond acceptors (Lipinski definition) is 14. The van der Waals surface area contributed by atoms with Crippen LogP contribution in [-0.4, -0.2) is 129 Å². The number of carboxylic acids is 1. The van der Waals surface area contributed by atoms with E-state index in [1.807, 2.05) is 18.7 Å². The summed E-state index contributed by atoms with van der Waals surface area (Å²) in [5.41, 5.74) is 12.3. The van der Waals surface area contributed by atoms with Gasteiger partial charge in [-0.3, -0.25) is 19.1 Å². The third-order valence-electron chi connectivity index (χ3n) is 7.65. The molecule has 0 saturated carbocycles. The van der Waals surface area contributed by atoms with Crippen LogP contribution in [0.5, 0.6) is 0 Å². The fourth-order valence-electron chi connectivity index (χ4n) is 5.00. The van der Waals surface area contributed by atoms with Crippen LogP contribution in [0.4, 0.5) is 11.8 Å². The molecule has 1 amide bonds. The SMILES string of the molecule is CC(C)N(CC[C@H](N)C(=O)O)C[C@H]1O[C@@H](n2cnc3c(N)nc(NCCNC(=O)CCCCCCS(C)(=O)=O)nc32)[C@H](O)[C@@H]1O. The summed E-state index contributed by atoms with van der Waals surface area (Å²) in [7, 11) is -2.96. The number of ether oxygens (including phenoxy) is 1. The lowest BCUT2D eigenvalue weighted by molar-refractivity contribution is -0.138. The van der Waals surface area contributed by atoms with Crippen molar-refractivity contribution in [2.24, 2.45) is 5.73 Å². The van der Waals surface area contributed by atoms with E-state index in [4.69, 9.17) is 21.3 Å². The van der Waals surface area contributed by atoms with Crippen molar-refractivity contribution in [1.82, 2.24) is 29.7 Å². The van der Waals surface area contributed by atoms with Crippen molar-refractivity contribution in [2.75, 3.05) is 49.2 Å². The van der Waals surface area contributed by atoms with Gasteiger partial charge in [-0.05, 0) is 33.1 Å². The highest BCUT2D eigenvalue weighted by Gasteiger charge is 2.45. The molecule has 2 aromatic rings. The normalized spacial score (nSPS) is 21.1. The van der Waals surface area contributed by atoms with Gasteiger partial charge in [0, 0.05) is 50.7 Å². The molecule has 1 fully saturated rings. The summed E-state index contributed by atoms with van der Waals surface area (Å²) in [6.45, 7) is 5.05. The molecule has 1 aliphatic rings. The number of aromatic nitrogens is 4. The van der Waals surface area contributed by atoms with E-state index in [1.54, 1.807) is 0 Å². The number of nitrogens with one attached hydrogen (secondary N) is 2. The van der Waals surface area contributed by atoms with E-state index in [0.29, 0.717) is 38.9 Å². The second-order valence-corrected chi connectivity index (χ2v) is 14.0. The Hall–Kier alpha value is -3.16.